The Bertz CT molecular complexity index is 891. The van der Waals surface area contributed by atoms with Gasteiger partial charge >= 0.3 is 0 Å². The van der Waals surface area contributed by atoms with Crippen LogP contribution >= 0.6 is 0 Å². The van der Waals surface area contributed by atoms with Gasteiger partial charge < -0.3 is 15.4 Å². The predicted molar refractivity (Wildman–Crippen MR) is 104 cm³/mol. The van der Waals surface area contributed by atoms with Gasteiger partial charge in [-0.15, -0.1) is 0 Å². The van der Waals surface area contributed by atoms with Crippen LogP contribution < -0.4 is 10.6 Å². The minimum Gasteiger partial charge on any atom is -0.379 e. The lowest BCUT2D eigenvalue weighted by atomic mass is 10.2. The Hall–Kier alpha value is -2.42. The number of aryl methyl sites for hydroxylation is 1. The molecule has 27 heavy (non-hydrogen) atoms. The summed E-state index contributed by atoms with van der Waals surface area (Å²) in [6.07, 6.45) is 0. The molecule has 0 aromatic heterocycles. The van der Waals surface area contributed by atoms with E-state index in [0.717, 1.165) is 11.3 Å². The van der Waals surface area contributed by atoms with Crippen molar-refractivity contribution in [1.29, 1.82) is 0 Å². The number of hydrogen-bond donors (Lipinski definition) is 2. The smallest absolute Gasteiger partial charge is 0.243 e. The molecule has 2 N–H and O–H groups in total. The summed E-state index contributed by atoms with van der Waals surface area (Å²) in [6.45, 7) is 3.50. The fraction of sp³-hybridized carbons (Fsp3) is 0.316. The number of nitrogens with one attached hydrogen (secondary N) is 2. The van der Waals surface area contributed by atoms with Crippen LogP contribution in [0.25, 0.3) is 0 Å². The van der Waals surface area contributed by atoms with Crippen LogP contribution in [0.5, 0.6) is 0 Å². The summed E-state index contributed by atoms with van der Waals surface area (Å²) in [6, 6.07) is 14.0. The highest BCUT2D eigenvalue weighted by Crippen LogP contribution is 2.20. The quantitative estimate of drug-likeness (QED) is 0.790. The van der Waals surface area contributed by atoms with E-state index in [-0.39, 0.29) is 17.3 Å². The van der Waals surface area contributed by atoms with Crippen molar-refractivity contribution in [3.8, 4) is 0 Å². The predicted octanol–water partition coefficient (Wildman–Crippen LogP) is 2.07. The Morgan fingerprint density at radius 3 is 2.48 bits per heavy atom. The van der Waals surface area contributed by atoms with Crippen molar-refractivity contribution < 1.29 is 17.9 Å². The van der Waals surface area contributed by atoms with Crippen LogP contribution in [0.15, 0.2) is 53.4 Å². The summed E-state index contributed by atoms with van der Waals surface area (Å²) in [4.78, 5) is 12.3. The summed E-state index contributed by atoms with van der Waals surface area (Å²) >= 11 is 0. The number of benzene rings is 2. The first-order valence-corrected chi connectivity index (χ1v) is 10.2. The summed E-state index contributed by atoms with van der Waals surface area (Å²) in [5, 5.41) is 5.77. The summed E-state index contributed by atoms with van der Waals surface area (Å²) < 4.78 is 32.0. The highest BCUT2D eigenvalue weighted by molar-refractivity contribution is 7.89. The Kier molecular flexibility index (Phi) is 6.10. The monoisotopic (exact) mass is 389 g/mol. The maximum atomic E-state index is 12.7. The van der Waals surface area contributed by atoms with Crippen molar-refractivity contribution in [1.82, 2.24) is 4.31 Å². The molecule has 0 radical (unpaired) electrons. The third-order valence-corrected chi connectivity index (χ3v) is 6.12. The molecule has 0 atom stereocenters. The number of carbonyl (C=O) groups is 1. The average molecular weight is 389 g/mol. The first-order chi connectivity index (χ1) is 12.9. The van der Waals surface area contributed by atoms with Gasteiger partial charge in [0.25, 0.3) is 0 Å². The summed E-state index contributed by atoms with van der Waals surface area (Å²) in [7, 11) is -3.56. The van der Waals surface area contributed by atoms with Crippen molar-refractivity contribution >= 4 is 27.3 Å². The van der Waals surface area contributed by atoms with Gasteiger partial charge in [0.05, 0.1) is 24.7 Å². The fourth-order valence-corrected chi connectivity index (χ4v) is 4.18. The number of amides is 1. The highest BCUT2D eigenvalue weighted by atomic mass is 32.2. The van der Waals surface area contributed by atoms with Gasteiger partial charge in [-0.1, -0.05) is 23.8 Å². The maximum absolute atomic E-state index is 12.7. The molecule has 1 heterocycles. The zero-order valence-electron chi connectivity index (χ0n) is 15.1. The lowest BCUT2D eigenvalue weighted by Gasteiger charge is -2.26. The zero-order chi connectivity index (χ0) is 19.3. The van der Waals surface area contributed by atoms with E-state index >= 15 is 0 Å². The molecule has 1 aliphatic rings. The lowest BCUT2D eigenvalue weighted by Crippen LogP contribution is -2.40. The number of rotatable bonds is 6. The van der Waals surface area contributed by atoms with E-state index in [1.807, 2.05) is 31.2 Å². The maximum Gasteiger partial charge on any atom is 0.243 e. The van der Waals surface area contributed by atoms with Crippen molar-refractivity contribution in [3.63, 3.8) is 0 Å². The second kappa shape index (κ2) is 8.51. The van der Waals surface area contributed by atoms with Gasteiger partial charge in [0.1, 0.15) is 0 Å². The number of ether oxygens (including phenoxy) is 1. The summed E-state index contributed by atoms with van der Waals surface area (Å²) in [5.74, 6) is -0.208. The van der Waals surface area contributed by atoms with Gasteiger partial charge in [-0.05, 0) is 37.3 Å². The molecule has 1 saturated heterocycles. The van der Waals surface area contributed by atoms with Crippen LogP contribution in [0.2, 0.25) is 0 Å². The second-order valence-electron chi connectivity index (χ2n) is 6.31. The fourth-order valence-electron chi connectivity index (χ4n) is 2.73. The van der Waals surface area contributed by atoms with Gasteiger partial charge in [-0.2, -0.15) is 4.31 Å². The van der Waals surface area contributed by atoms with E-state index in [0.29, 0.717) is 32.0 Å². The average Bonchev–Trinajstić information content (AvgIpc) is 2.69. The van der Waals surface area contributed by atoms with Crippen molar-refractivity contribution in [2.75, 3.05) is 43.5 Å². The van der Waals surface area contributed by atoms with Crippen LogP contribution in [-0.2, 0) is 19.6 Å². The molecule has 1 fully saturated rings. The van der Waals surface area contributed by atoms with Crippen LogP contribution in [-0.4, -0.2) is 51.5 Å². The number of nitrogens with zero attached hydrogens (tertiary/aromatic N) is 1. The van der Waals surface area contributed by atoms with Crippen LogP contribution in [0, 0.1) is 6.92 Å². The van der Waals surface area contributed by atoms with Gasteiger partial charge in [0.15, 0.2) is 0 Å². The molecular formula is C19H23N3O4S. The van der Waals surface area contributed by atoms with Gasteiger partial charge in [0.2, 0.25) is 15.9 Å². The first kappa shape index (κ1) is 19.3. The number of sulfonamides is 1. The molecule has 7 nitrogen and oxygen atoms in total. The number of morpholine rings is 1. The minimum atomic E-state index is -3.56. The van der Waals surface area contributed by atoms with Crippen LogP contribution in [0.4, 0.5) is 11.4 Å². The Morgan fingerprint density at radius 2 is 1.78 bits per heavy atom. The second-order valence-corrected chi connectivity index (χ2v) is 8.25. The van der Waals surface area contributed by atoms with Gasteiger partial charge in [-0.3, -0.25) is 4.79 Å². The number of carbonyl (C=O) groups excluding carboxylic acids is 1. The number of hydrogen-bond acceptors (Lipinski definition) is 5. The Balaban J connectivity index is 1.61. The normalized spacial score (nSPS) is 15.3. The molecule has 144 valence electrons. The molecule has 2 aromatic rings. The highest BCUT2D eigenvalue weighted by Gasteiger charge is 2.26. The molecule has 8 heteroatoms. The van der Waals surface area contributed by atoms with Crippen molar-refractivity contribution in [2.24, 2.45) is 0 Å². The topological polar surface area (TPSA) is 87.7 Å². The van der Waals surface area contributed by atoms with Gasteiger partial charge in [0, 0.05) is 24.5 Å². The third kappa shape index (κ3) is 5.06. The number of anilines is 2. The molecule has 1 aliphatic heterocycles. The molecule has 0 saturated carbocycles. The van der Waals surface area contributed by atoms with Crippen LogP contribution in [0.3, 0.4) is 0 Å². The van der Waals surface area contributed by atoms with E-state index in [2.05, 4.69) is 10.6 Å². The van der Waals surface area contributed by atoms with Crippen molar-refractivity contribution in [2.45, 2.75) is 11.8 Å². The third-order valence-electron chi connectivity index (χ3n) is 4.23. The van der Waals surface area contributed by atoms with E-state index in [1.165, 1.54) is 4.31 Å². The molecule has 2 aromatic carbocycles. The standard InChI is InChI=1S/C19H23N3O4S/c1-15-5-7-16(8-6-15)21-19(23)14-20-17-3-2-4-18(13-17)27(24,25)22-9-11-26-12-10-22/h2-8,13,20H,9-12,14H2,1H3,(H,21,23). The lowest BCUT2D eigenvalue weighted by molar-refractivity contribution is -0.114. The van der Waals surface area contributed by atoms with E-state index in [1.54, 1.807) is 24.3 Å². The van der Waals surface area contributed by atoms with Crippen molar-refractivity contribution in [3.05, 3.63) is 54.1 Å². The van der Waals surface area contributed by atoms with Gasteiger partial charge in [-0.25, -0.2) is 8.42 Å². The molecule has 0 aliphatic carbocycles. The first-order valence-electron chi connectivity index (χ1n) is 8.73. The molecule has 1 amide bonds. The SMILES string of the molecule is Cc1ccc(NC(=O)CNc2cccc(S(=O)(=O)N3CCOCC3)c2)cc1. The largest absolute Gasteiger partial charge is 0.379 e. The molecule has 0 unspecified atom stereocenters. The Morgan fingerprint density at radius 1 is 1.07 bits per heavy atom. The Labute approximate surface area is 159 Å². The molecule has 0 spiro atoms. The van der Waals surface area contributed by atoms with E-state index in [4.69, 9.17) is 4.74 Å². The van der Waals surface area contributed by atoms with E-state index in [9.17, 15) is 13.2 Å². The van der Waals surface area contributed by atoms with E-state index < -0.39 is 10.0 Å². The van der Waals surface area contributed by atoms with Crippen LogP contribution in [0.1, 0.15) is 5.56 Å². The zero-order valence-corrected chi connectivity index (χ0v) is 16.0. The molecule has 0 bridgehead atoms. The minimum absolute atomic E-state index is 0.0366. The molecule has 3 rings (SSSR count). The summed E-state index contributed by atoms with van der Waals surface area (Å²) in [5.41, 5.74) is 2.41. The molecular weight excluding hydrogens is 366 g/mol.